The molecule has 2 fully saturated rings. The third kappa shape index (κ3) is 30.4. The van der Waals surface area contributed by atoms with Gasteiger partial charge in [0.1, 0.15) is 71.1 Å². The predicted octanol–water partition coefficient (Wildman–Crippen LogP) is 4.12. The Balaban J connectivity index is 0.000000276. The van der Waals surface area contributed by atoms with E-state index < -0.39 is 209 Å². The number of ketones is 6. The third-order valence-electron chi connectivity index (χ3n) is 24.9. The Bertz CT molecular complexity index is 5950. The number of aliphatic hydroxyl groups excluding tert-OH is 4. The Labute approximate surface area is 849 Å². The molecule has 4 aliphatic carbocycles. The summed E-state index contributed by atoms with van der Waals surface area (Å²) in [5, 5.41) is 149. The molecule has 0 spiro atoms. The molecule has 0 radical (unpaired) electrons. The van der Waals surface area contributed by atoms with Crippen LogP contribution in [-0.4, -0.2) is 315 Å². The van der Waals surface area contributed by atoms with Crippen molar-refractivity contribution in [1.82, 2.24) is 66.2 Å². The summed E-state index contributed by atoms with van der Waals surface area (Å²) in [4.78, 5) is 134. The Kier molecular flexibility index (Phi) is 44.2. The van der Waals surface area contributed by atoms with E-state index in [0.29, 0.717) is 32.7 Å². The molecule has 7 aromatic rings. The van der Waals surface area contributed by atoms with E-state index in [2.05, 4.69) is 101 Å². The van der Waals surface area contributed by atoms with Crippen LogP contribution in [0.25, 0.3) is 10.4 Å². The number of aromatic hydroxyl groups is 4. The number of aliphatic hydroxyl groups is 6. The second kappa shape index (κ2) is 54.7. The number of carbonyl (C=O) groups excluding carboxylic acids is 10. The molecule has 2 aliphatic heterocycles. The van der Waals surface area contributed by atoms with Crippen molar-refractivity contribution in [2.75, 3.05) is 99.9 Å². The monoisotopic (exact) mass is 2050 g/mol. The first-order valence-corrected chi connectivity index (χ1v) is 46.9. The molecule has 147 heavy (non-hydrogen) atoms. The fourth-order valence-corrected chi connectivity index (χ4v) is 17.4. The highest BCUT2D eigenvalue weighted by Gasteiger charge is 2.54. The highest BCUT2D eigenvalue weighted by Crippen LogP contribution is 2.55. The van der Waals surface area contributed by atoms with E-state index in [1.807, 2.05) is 39.7 Å². The molecule has 3 aromatic heterocycles. The second-order valence-corrected chi connectivity index (χ2v) is 36.6. The van der Waals surface area contributed by atoms with Gasteiger partial charge in [-0.25, -0.2) is 0 Å². The van der Waals surface area contributed by atoms with Gasteiger partial charge in [0.15, 0.2) is 35.7 Å². The number of hydrogen-bond donors (Lipinski definition) is 14. The highest BCUT2D eigenvalue weighted by atomic mass is 16.7. The molecule has 14 N–H and O–H groups in total. The molecular formula is C101H132N16O30. The van der Waals surface area contributed by atoms with Crippen LogP contribution in [0.1, 0.15) is 241 Å². The van der Waals surface area contributed by atoms with Gasteiger partial charge >= 0.3 is 0 Å². The van der Waals surface area contributed by atoms with E-state index in [0.717, 1.165) is 36.3 Å². The average molecular weight is 2050 g/mol. The summed E-state index contributed by atoms with van der Waals surface area (Å²) in [7, 11) is 8.17. The van der Waals surface area contributed by atoms with Gasteiger partial charge in [0, 0.05) is 206 Å². The van der Waals surface area contributed by atoms with Crippen molar-refractivity contribution in [3.05, 3.63) is 149 Å². The van der Waals surface area contributed by atoms with Crippen molar-refractivity contribution in [1.29, 1.82) is 0 Å². The first-order chi connectivity index (χ1) is 69.1. The summed E-state index contributed by atoms with van der Waals surface area (Å²) in [6.07, 6.45) is 11.0. The second-order valence-electron chi connectivity index (χ2n) is 36.6. The number of aromatic nitrogens is 9. The number of Topliss-reactive ketones (excluding diaryl/α,β-unsaturated/α-hetero) is 2. The Hall–Kier alpha value is -13.6. The Morgan fingerprint density at radius 1 is 0.558 bits per heavy atom. The quantitative estimate of drug-likeness (QED) is 0.00639. The fraction of sp³-hybridized carbons (Fsp3) is 0.545. The zero-order valence-corrected chi connectivity index (χ0v) is 82.2. The summed E-state index contributed by atoms with van der Waals surface area (Å²) < 4.78 is 61.5. The maximum absolute atomic E-state index is 13.9. The average Bonchev–Trinajstić information content (AvgIpc) is 1.31. The summed E-state index contributed by atoms with van der Waals surface area (Å²) >= 11 is 0. The van der Waals surface area contributed by atoms with Crippen LogP contribution in [0.3, 0.4) is 0 Å². The predicted molar refractivity (Wildman–Crippen MR) is 523 cm³/mol. The van der Waals surface area contributed by atoms with Gasteiger partial charge in [0.05, 0.1) is 147 Å². The van der Waals surface area contributed by atoms with Crippen LogP contribution in [0.15, 0.2) is 60.1 Å². The number of fused-ring (bicyclic) bond motifs is 6. The molecule has 796 valence electrons. The lowest BCUT2D eigenvalue weighted by Crippen LogP contribution is -2.56. The number of hydrogen-bond acceptors (Lipinski definition) is 37. The van der Waals surface area contributed by atoms with Crippen LogP contribution in [0.5, 0.6) is 34.5 Å². The van der Waals surface area contributed by atoms with Crippen LogP contribution < -0.4 is 30.7 Å². The summed E-state index contributed by atoms with van der Waals surface area (Å²) in [5.41, 5.74) is 2.89. The number of amides is 4. The van der Waals surface area contributed by atoms with Gasteiger partial charge in [-0.05, 0) is 43.3 Å². The Morgan fingerprint density at radius 2 is 0.946 bits per heavy atom. The van der Waals surface area contributed by atoms with Gasteiger partial charge in [-0.1, -0.05) is 80.6 Å². The van der Waals surface area contributed by atoms with E-state index in [1.54, 1.807) is 14.0 Å². The van der Waals surface area contributed by atoms with Crippen LogP contribution in [-0.2, 0) is 113 Å². The minimum absolute atomic E-state index is 0. The maximum atomic E-state index is 13.9. The van der Waals surface area contributed by atoms with Crippen molar-refractivity contribution in [2.24, 2.45) is 37.6 Å². The number of rotatable bonds is 42. The smallest absolute Gasteiger partial charge is 0.220 e. The minimum Gasteiger partial charge on any atom is -0.507 e. The molecule has 4 amide bonds. The van der Waals surface area contributed by atoms with Gasteiger partial charge in [-0.15, -0.1) is 52.3 Å². The lowest BCUT2D eigenvalue weighted by Gasteiger charge is -2.43. The van der Waals surface area contributed by atoms with Crippen LogP contribution >= 0.6 is 0 Å². The molecule has 6 aliphatic rings. The number of ether oxygens (including phenoxy) is 10. The van der Waals surface area contributed by atoms with E-state index >= 15 is 0 Å². The number of methoxy groups -OCH3 is 2. The molecule has 13 rings (SSSR count). The normalized spacial score (nSPS) is 20.8. The molecule has 46 heteroatoms. The van der Waals surface area contributed by atoms with E-state index in [1.165, 1.54) is 64.5 Å². The Morgan fingerprint density at radius 3 is 1.31 bits per heavy atom. The lowest BCUT2D eigenvalue weighted by atomic mass is 9.72. The van der Waals surface area contributed by atoms with Crippen molar-refractivity contribution in [3.63, 3.8) is 0 Å². The first kappa shape index (κ1) is 119. The van der Waals surface area contributed by atoms with Gasteiger partial charge in [0.2, 0.25) is 35.2 Å². The summed E-state index contributed by atoms with van der Waals surface area (Å²) in [5.74, 6) is -2.56. The van der Waals surface area contributed by atoms with Gasteiger partial charge in [-0.2, -0.15) is 0 Å². The van der Waals surface area contributed by atoms with Gasteiger partial charge in [-0.3, -0.25) is 62.0 Å². The minimum atomic E-state index is -2.36. The van der Waals surface area contributed by atoms with Gasteiger partial charge in [0.25, 0.3) is 0 Å². The number of nitrogens with one attached hydrogen (secondary N) is 4. The molecular weight excluding hydrogens is 1920 g/mol. The zero-order valence-electron chi connectivity index (χ0n) is 82.2. The SMILES string of the molecule is C.C.C#CCC(C#C)CC#C.COc1cccc2c1C(=O)c1c(O)c3c(c(O)c1C2=O)C[C@@](O)(C(=O)CO)C[C@@H]3OC1C[C@H](NC(=O)CCC(=O)NCCOCCOCCC(C)(C)C)[C@H](O)[C@H](C)O1.COc1cccc2c1C(=O)c1c(O)c3c(c(O)c1C2=O)C[C@@](O)(C(=O)CO)C[C@@H]3OC1C[C@H](NC(=O)CCC(=O)NCCOCCOCCN=[N+]=[N-])[C@H](O)[C@H](C)O1.Cn1cc(CC(Cc2cn(C)nn2)c2cn(C)nn2)nn1. The topological polar surface area (TPSA) is 654 Å². The number of aryl methyl sites for hydroxylation is 3. The van der Waals surface area contributed by atoms with Crippen LogP contribution in [0, 0.1) is 48.4 Å². The number of phenolic OH excluding ortho intramolecular Hbond substituents is 4. The zero-order chi connectivity index (χ0) is 106. The lowest BCUT2D eigenvalue weighted by molar-refractivity contribution is -0.249. The van der Waals surface area contributed by atoms with E-state index in [-0.39, 0.29) is 185 Å². The van der Waals surface area contributed by atoms with Crippen molar-refractivity contribution in [3.8, 4) is 71.5 Å². The standard InChI is InChI=1S/C41H54N2O15.C37H45N5O15.C12H17N9.C9H8.2CH4/c1-21-35(48)24(43-29(47)10-9-28(46)42-12-14-56-16-15-55-13-11-40(2,3)4)17-30(57-21)58-26-19-41(53,27(45)20-44)18-23-32(26)39(52)34-33(37(23)50)36(49)22-7-6-8-25(54-5)31(22)38(34)51;1-18-32(47)21(41-26(46)7-6-25(45)39-8-10-54-12-13-55-11-9-40-42-38)14-27(56-18)57-23-16-37(52,24(44)17-43)15-20-29(23)36(51)31-30(34(20)49)33(48)19-4-3-5-22(53-2)28(19)35(31)50;1-19-6-10(13-16-19)4-9(12-8-21(3)18-15-12)5-11-7-20(2)17-14-11;1-4-7-9(6-3)8-5-2;;/h6-8,21,24,26,30,35,44,48,50,52-53H,9-20H2,1-5H3,(H,42,46)(H,43,47);3-5,18,21,23,27,32,43,47,49,51-52H,6-17H2,1-2H3,(H,39,45)(H,41,46);6-9H,4-5H2,1-3H3;1-3,9H,7-8H2;2*1H4/t21-,24-,26-,30?,35+,41-;18-,21-,23-,27?,32+,37-;;;;/m00..../s1. The molecule has 2 unspecified atom stereocenters. The number of nitrogens with zero attached hydrogens (tertiary/aromatic N) is 12. The first-order valence-electron chi connectivity index (χ1n) is 46.9. The molecule has 46 nitrogen and oxygen atoms in total. The molecule has 4 aromatic carbocycles. The maximum Gasteiger partial charge on any atom is 0.220 e. The molecule has 5 heterocycles. The van der Waals surface area contributed by atoms with E-state index in [4.69, 9.17) is 72.2 Å². The molecule has 2 saturated heterocycles. The number of terminal acetylenes is 3. The number of benzene rings is 4. The molecule has 0 bridgehead atoms. The van der Waals surface area contributed by atoms with E-state index in [9.17, 15) is 99.0 Å². The number of phenols is 4. The van der Waals surface area contributed by atoms with Crippen LogP contribution in [0.2, 0.25) is 0 Å². The highest BCUT2D eigenvalue weighted by molar-refractivity contribution is 6.32. The molecule has 0 saturated carbocycles. The number of carbonyl (C=O) groups is 10. The summed E-state index contributed by atoms with van der Waals surface area (Å²) in [6.45, 7) is 10.6. The number of azide groups is 1. The third-order valence-corrected chi connectivity index (χ3v) is 24.9. The van der Waals surface area contributed by atoms with Crippen LogP contribution in [0.4, 0.5) is 0 Å². The van der Waals surface area contributed by atoms with Crippen molar-refractivity contribution in [2.45, 2.75) is 224 Å². The largest absolute Gasteiger partial charge is 0.507 e. The molecule has 12 atom stereocenters. The fourth-order valence-electron chi connectivity index (χ4n) is 17.4. The van der Waals surface area contributed by atoms with Crippen molar-refractivity contribution < 1.29 is 146 Å². The van der Waals surface area contributed by atoms with Crippen molar-refractivity contribution >= 4 is 58.3 Å². The summed E-state index contributed by atoms with van der Waals surface area (Å²) in [6, 6.07) is 6.63. The van der Waals surface area contributed by atoms with Gasteiger partial charge < -0.3 is 120 Å².